The first-order valence-corrected chi connectivity index (χ1v) is 42.3. The van der Waals surface area contributed by atoms with Crippen molar-refractivity contribution in [3.8, 4) is 0 Å². The molecule has 1 radical (unpaired) electrons. The quantitative estimate of drug-likeness (QED) is 0.00812. The number of aliphatic hydroxyl groups excluding tert-OH is 3. The molecule has 6 atom stereocenters. The van der Waals surface area contributed by atoms with Crippen molar-refractivity contribution >= 4 is 150 Å². The first-order chi connectivity index (χ1) is 61.0. The average molecular weight is 1960 g/mol. The zero-order valence-corrected chi connectivity index (χ0v) is 79.4. The van der Waals surface area contributed by atoms with E-state index < -0.39 is 71.2 Å². The Kier molecular flexibility index (Phi) is 57.4. The van der Waals surface area contributed by atoms with E-state index in [0.29, 0.717) is 86.7 Å². The van der Waals surface area contributed by atoms with Gasteiger partial charge in [-0.3, -0.25) is 76.0 Å². The molecule has 0 saturated carbocycles. The van der Waals surface area contributed by atoms with E-state index in [9.17, 15) is 43.8 Å². The van der Waals surface area contributed by atoms with E-state index in [1.165, 1.54) is 37.6 Å². The fourth-order valence-electron chi connectivity index (χ4n) is 9.66. The summed E-state index contributed by atoms with van der Waals surface area (Å²) < 4.78 is 28.0. The van der Waals surface area contributed by atoms with Gasteiger partial charge in [-0.05, 0) is 197 Å². The van der Waals surface area contributed by atoms with E-state index in [1.54, 1.807) is 209 Å². The molecule has 0 aliphatic carbocycles. The number of ether oxygens (including phenoxy) is 5. The third-order valence-corrected chi connectivity index (χ3v) is 17.1. The number of halogens is 7. The molecule has 0 spiro atoms. The minimum absolute atomic E-state index is 0. The molecule has 4 aliphatic heterocycles. The number of nitrogens with zero attached hydrogens (tertiary/aromatic N) is 9. The summed E-state index contributed by atoms with van der Waals surface area (Å²) in [4.78, 5) is 112. The van der Waals surface area contributed by atoms with Gasteiger partial charge in [0.25, 0.3) is 23.6 Å². The number of fused-ring (bicyclic) bond motifs is 2. The first kappa shape index (κ1) is 118. The van der Waals surface area contributed by atoms with Crippen LogP contribution >= 0.6 is 94.0 Å². The standard InChI is InChI=1S/C20H20ClN3O4.C12H18ClN3O2.C12H17ClN2O3.C8H5NO2.C7H10ClN3.C7H9ClN2O.C7H6ClNO.C7H6ClN.C4H8O.C2H6O.BHNS.H4N2.H2O/c1-20(2,3)28-19(27)23-11-16(15-9-8-12(21)10-22-15)24-17(25)13-6-4-5-7-14(13)18(24)26;1-12(2,3)18-11(17)16-7-9(14)10-5-4-8(13)6-15-10;1-12(2,3)18-11(17)15-7-10(16)9-5-4-8(13)6-14-9;10-7-5-3-1-2-4-6(5)8(11)9-7;8-5-1-2-7(11-4-5)6(10)3-9;8-5-1-2-6(10-4-5)7(11)3-9;8-5-1-2-6(9-3-5)7-4-10-7;1-2-7-4-3-6(8)5-9-7;1-2-4-5-3-1;2*1-2-3;1-2;/h4-10,16H,11H2,1-3H3,(H,23,27);4-6,9H,7,14H2,1-3H3,(H,16,17);4-6,10,16H,7H2,1-3H3,(H,15,17);1-4H,(H,9,10,11);1-2,4,6H,3,9-10H2;1-2,4,7,11H,3,9H2;1-3,7H,4H2;2-5H,1H2;1-4H2;3H,2H2,1H3;3H;1-2H2;1H2. The Bertz CT molecular complexity index is 4650. The molecule has 11 heterocycles. The summed E-state index contributed by atoms with van der Waals surface area (Å²) in [5, 5.41) is 40.4. The van der Waals surface area contributed by atoms with Gasteiger partial charge in [-0.15, -0.1) is 0 Å². The van der Waals surface area contributed by atoms with Crippen LogP contribution < -0.4 is 55.9 Å². The Morgan fingerprint density at radius 3 is 1.16 bits per heavy atom. The number of aromatic nitrogens is 7. The van der Waals surface area contributed by atoms with Crippen molar-refractivity contribution < 1.29 is 78.0 Å². The number of benzene rings is 2. The summed E-state index contributed by atoms with van der Waals surface area (Å²) >= 11 is 42.9. The van der Waals surface area contributed by atoms with Crippen LogP contribution in [-0.4, -0.2) is 186 Å². The summed E-state index contributed by atoms with van der Waals surface area (Å²) in [7, 11) is 4.34. The van der Waals surface area contributed by atoms with Crippen molar-refractivity contribution in [1.29, 1.82) is 0 Å². The van der Waals surface area contributed by atoms with Gasteiger partial charge < -0.3 is 83.4 Å². The number of alkyl carbamates (subject to hydrolysis) is 3. The third-order valence-electron chi connectivity index (χ3n) is 15.5. The Labute approximate surface area is 797 Å². The van der Waals surface area contributed by atoms with E-state index in [1.807, 2.05) is 18.2 Å². The molecule has 44 heteroatoms. The van der Waals surface area contributed by atoms with Gasteiger partial charge in [-0.2, -0.15) is 0 Å². The van der Waals surface area contributed by atoms with Gasteiger partial charge in [0.05, 0.1) is 129 Å². The summed E-state index contributed by atoms with van der Waals surface area (Å²) in [5.41, 5.74) is 26.6. The second kappa shape index (κ2) is 63.2. The second-order valence-electron chi connectivity index (χ2n) is 29.3. The third kappa shape index (κ3) is 48.8. The molecule has 705 valence electrons. The number of thiol groups is 1. The molecule has 4 aliphatic rings. The Hall–Kier alpha value is -9.92. The number of carbonyl (C=O) groups is 7. The van der Waals surface area contributed by atoms with Crippen LogP contribution in [0.3, 0.4) is 0 Å². The molecule has 13 rings (SSSR count). The predicted molar refractivity (Wildman–Crippen MR) is 508 cm³/mol. The Morgan fingerprint density at radius 1 is 0.531 bits per heavy atom. The number of pyridine rings is 7. The molecule has 21 N–H and O–H groups in total. The maximum absolute atomic E-state index is 12.9. The number of imide groups is 2. The molecule has 2 saturated heterocycles. The van der Waals surface area contributed by atoms with Gasteiger partial charge in [0.2, 0.25) is 0 Å². The minimum atomic E-state index is -0.894. The van der Waals surface area contributed by atoms with E-state index in [2.05, 4.69) is 99.2 Å². The van der Waals surface area contributed by atoms with Crippen molar-refractivity contribution in [3.63, 3.8) is 0 Å². The fourth-order valence-corrected chi connectivity index (χ4v) is 10.4. The fraction of sp³-hybridized carbons (Fsp3) is 0.349. The number of amides is 7. The summed E-state index contributed by atoms with van der Waals surface area (Å²) in [6, 6.07) is 36.0. The molecule has 9 aromatic rings. The second-order valence-corrected chi connectivity index (χ2v) is 32.6. The Balaban J connectivity index is 0.000000745. The van der Waals surface area contributed by atoms with Crippen molar-refractivity contribution in [1.82, 2.24) is 61.1 Å². The van der Waals surface area contributed by atoms with Crippen LogP contribution in [0.2, 0.25) is 35.2 Å². The van der Waals surface area contributed by atoms with Crippen LogP contribution in [-0.2, 0) is 23.7 Å². The zero-order valence-electron chi connectivity index (χ0n) is 73.2. The summed E-state index contributed by atoms with van der Waals surface area (Å²) in [6.45, 7) is 25.0. The number of hydrazine groups is 1. The molecule has 6 unspecified atom stereocenters. The first-order valence-electron chi connectivity index (χ1n) is 39.2. The van der Waals surface area contributed by atoms with Crippen LogP contribution in [0.15, 0.2) is 188 Å². The van der Waals surface area contributed by atoms with E-state index in [-0.39, 0.29) is 62.2 Å². The van der Waals surface area contributed by atoms with Crippen LogP contribution in [0, 0.1) is 0 Å². The van der Waals surface area contributed by atoms with E-state index >= 15 is 0 Å². The number of hydrogen-bond acceptors (Lipinski definition) is 30. The molecule has 35 nitrogen and oxygen atoms in total. The number of nitrogens with two attached hydrogens (primary N) is 6. The topological polar surface area (TPSA) is 571 Å². The Morgan fingerprint density at radius 2 is 0.854 bits per heavy atom. The number of hydrogen-bond donors (Lipinski definition) is 14. The normalized spacial score (nSPS) is 13.7. The van der Waals surface area contributed by atoms with Crippen LogP contribution in [0.25, 0.3) is 6.08 Å². The summed E-state index contributed by atoms with van der Waals surface area (Å²) in [5.74, 6) is 6.53. The summed E-state index contributed by atoms with van der Waals surface area (Å²) in [6.07, 6.45) is 11.8. The van der Waals surface area contributed by atoms with Gasteiger partial charge in [0, 0.05) is 89.4 Å². The van der Waals surface area contributed by atoms with E-state index in [4.69, 9.17) is 133 Å². The van der Waals surface area contributed by atoms with Crippen LogP contribution in [0.1, 0.15) is 200 Å². The van der Waals surface area contributed by atoms with E-state index in [0.717, 1.165) is 41.8 Å². The van der Waals surface area contributed by atoms with Crippen molar-refractivity contribution in [2.75, 3.05) is 59.2 Å². The molecule has 2 fully saturated rings. The number of epoxide rings is 1. The monoisotopic (exact) mass is 1950 g/mol. The van der Waals surface area contributed by atoms with Crippen LogP contribution in [0.4, 0.5) is 14.4 Å². The van der Waals surface area contributed by atoms with Gasteiger partial charge in [0.15, 0.2) is 0 Å². The molecule has 7 aromatic heterocycles. The molecule has 130 heavy (non-hydrogen) atoms. The van der Waals surface area contributed by atoms with Gasteiger partial charge in [0.1, 0.15) is 35.1 Å². The number of nitrogens with one attached hydrogen (secondary N) is 4. The predicted octanol–water partition coefficient (Wildman–Crippen LogP) is 13.3. The van der Waals surface area contributed by atoms with Gasteiger partial charge >= 0.3 is 43.0 Å². The molecule has 0 bridgehead atoms. The van der Waals surface area contributed by atoms with Crippen molar-refractivity contribution in [3.05, 3.63) is 281 Å². The SMILES string of the molecule is C1CCOC1.C=Cc1ccc(Cl)cn1.CC(C)(C)OC(=O)NCC(N)c1ccc(Cl)cn1.CC(C)(C)OC(=O)NCC(O)c1ccc(Cl)cn1.CC(C)(C)OC(=O)NCC(c1ccc(Cl)cn1)N1C(=O)c2ccccc2C1=O.CCO.Clc1ccc(C2CO2)nc1.NCC(N)c1ccc(Cl)cn1.NCC(O)c1ccc(Cl)cn1.NN.O.O=C1NC(=O)c2ccccc21.[B]=NS. The number of aliphatic hydroxyl groups is 3. The van der Waals surface area contributed by atoms with Crippen molar-refractivity contribution in [2.45, 2.75) is 135 Å². The molecule has 2 aromatic carbocycles. The van der Waals surface area contributed by atoms with Crippen molar-refractivity contribution in [2.24, 2.45) is 38.9 Å². The number of rotatable bonds is 16. The zero-order chi connectivity index (χ0) is 97.0. The van der Waals surface area contributed by atoms with Crippen LogP contribution in [0.5, 0.6) is 0 Å². The molecular weight excluding hydrogens is 1850 g/mol. The molecule has 7 amide bonds. The average Bonchev–Trinajstić information content (AvgIpc) is 1.62. The number of carbonyl (C=O) groups excluding carboxylic acids is 7. The molecular formula is C86H112BCl7N19O16S. The maximum atomic E-state index is 12.9. The van der Waals surface area contributed by atoms with Gasteiger partial charge in [-0.1, -0.05) is 112 Å². The van der Waals surface area contributed by atoms with Gasteiger partial charge in [-0.25, -0.2) is 14.4 Å².